The van der Waals surface area contributed by atoms with Crippen molar-refractivity contribution in [3.63, 3.8) is 0 Å². The largest absolute Gasteiger partial charge is 0.352 e. The Morgan fingerprint density at radius 3 is 2.80 bits per heavy atom. The molecule has 152 valence electrons. The Kier molecular flexibility index (Phi) is 4.80. The summed E-state index contributed by atoms with van der Waals surface area (Å²) in [5.74, 6) is 0.872. The smallest absolute Gasteiger partial charge is 0.324 e. The zero-order valence-corrected chi connectivity index (χ0v) is 16.2. The van der Waals surface area contributed by atoms with Gasteiger partial charge in [0.25, 0.3) is 5.91 Å². The zero-order valence-electron chi connectivity index (χ0n) is 16.2. The number of hydrogen-bond donors (Lipinski definition) is 1. The summed E-state index contributed by atoms with van der Waals surface area (Å²) in [7, 11) is 0. The third-order valence-corrected chi connectivity index (χ3v) is 5.34. The molecular formula is C20H20N8O2. The van der Waals surface area contributed by atoms with E-state index in [4.69, 9.17) is 4.52 Å². The predicted octanol–water partition coefficient (Wildman–Crippen LogP) is 1.82. The SMILES string of the molecule is O=C(NCC1CCN(c2nc(-c3ccccc3)no2)CC1)c1ccc2nnnn2c1. The number of carbonyl (C=O) groups is 1. The highest BCUT2D eigenvalue weighted by Gasteiger charge is 2.24. The van der Waals surface area contributed by atoms with Crippen molar-refractivity contribution in [2.24, 2.45) is 5.92 Å². The lowest BCUT2D eigenvalue weighted by Gasteiger charge is -2.30. The number of amides is 1. The Bertz CT molecular complexity index is 1150. The van der Waals surface area contributed by atoms with Crippen LogP contribution in [0.2, 0.25) is 0 Å². The number of fused-ring (bicyclic) bond motifs is 1. The molecule has 5 rings (SSSR count). The average Bonchev–Trinajstić information content (AvgIpc) is 3.48. The predicted molar refractivity (Wildman–Crippen MR) is 108 cm³/mol. The minimum absolute atomic E-state index is 0.126. The van der Waals surface area contributed by atoms with Gasteiger partial charge in [0, 0.05) is 31.4 Å². The van der Waals surface area contributed by atoms with Crippen LogP contribution >= 0.6 is 0 Å². The molecule has 1 aromatic carbocycles. The first-order chi connectivity index (χ1) is 14.8. The Balaban J connectivity index is 1.14. The molecule has 30 heavy (non-hydrogen) atoms. The molecule has 1 amide bonds. The zero-order chi connectivity index (χ0) is 20.3. The normalized spacial score (nSPS) is 14.9. The molecule has 0 bridgehead atoms. The number of piperidine rings is 1. The van der Waals surface area contributed by atoms with Crippen molar-refractivity contribution in [1.82, 2.24) is 35.5 Å². The van der Waals surface area contributed by atoms with Crippen molar-refractivity contribution < 1.29 is 9.32 Å². The molecule has 0 unspecified atom stereocenters. The van der Waals surface area contributed by atoms with Crippen LogP contribution in [0, 0.1) is 5.92 Å². The van der Waals surface area contributed by atoms with Gasteiger partial charge in [-0.1, -0.05) is 35.5 Å². The molecule has 1 N–H and O–H groups in total. The number of anilines is 1. The molecule has 0 spiro atoms. The maximum atomic E-state index is 12.4. The van der Waals surface area contributed by atoms with Crippen molar-refractivity contribution in [3.05, 3.63) is 54.2 Å². The van der Waals surface area contributed by atoms with Crippen LogP contribution in [-0.4, -0.2) is 55.7 Å². The van der Waals surface area contributed by atoms with E-state index in [1.807, 2.05) is 30.3 Å². The fourth-order valence-electron chi connectivity index (χ4n) is 3.59. The van der Waals surface area contributed by atoms with Gasteiger partial charge in [-0.2, -0.15) is 9.50 Å². The van der Waals surface area contributed by atoms with Gasteiger partial charge in [0.1, 0.15) is 0 Å². The van der Waals surface area contributed by atoms with E-state index in [0.717, 1.165) is 31.5 Å². The number of nitrogens with one attached hydrogen (secondary N) is 1. The van der Waals surface area contributed by atoms with Crippen LogP contribution in [0.3, 0.4) is 0 Å². The number of carbonyl (C=O) groups excluding carboxylic acids is 1. The lowest BCUT2D eigenvalue weighted by molar-refractivity contribution is 0.0944. The lowest BCUT2D eigenvalue weighted by Crippen LogP contribution is -2.38. The van der Waals surface area contributed by atoms with Gasteiger partial charge in [-0.3, -0.25) is 4.79 Å². The van der Waals surface area contributed by atoms with E-state index in [2.05, 4.69) is 35.9 Å². The Hall–Kier alpha value is -3.82. The first-order valence-electron chi connectivity index (χ1n) is 9.86. The van der Waals surface area contributed by atoms with Gasteiger partial charge in [-0.15, -0.1) is 5.10 Å². The molecule has 10 nitrogen and oxygen atoms in total. The minimum Gasteiger partial charge on any atom is -0.352 e. The molecule has 0 saturated carbocycles. The van der Waals surface area contributed by atoms with Gasteiger partial charge in [-0.25, -0.2) is 0 Å². The molecule has 3 aromatic heterocycles. The van der Waals surface area contributed by atoms with E-state index in [9.17, 15) is 4.79 Å². The molecule has 1 saturated heterocycles. The number of tetrazole rings is 1. The number of rotatable bonds is 5. The van der Waals surface area contributed by atoms with Crippen molar-refractivity contribution in [3.8, 4) is 11.4 Å². The summed E-state index contributed by atoms with van der Waals surface area (Å²) in [6.07, 6.45) is 3.51. The van der Waals surface area contributed by atoms with Crippen LogP contribution < -0.4 is 10.2 Å². The third-order valence-electron chi connectivity index (χ3n) is 5.34. The summed E-state index contributed by atoms with van der Waals surface area (Å²) in [6.45, 7) is 2.25. The van der Waals surface area contributed by atoms with E-state index >= 15 is 0 Å². The van der Waals surface area contributed by atoms with Gasteiger partial charge in [-0.05, 0) is 41.3 Å². The van der Waals surface area contributed by atoms with Crippen LogP contribution in [0.4, 0.5) is 6.01 Å². The lowest BCUT2D eigenvalue weighted by atomic mass is 9.97. The van der Waals surface area contributed by atoms with Crippen LogP contribution in [0.15, 0.2) is 53.2 Å². The molecule has 1 aliphatic heterocycles. The van der Waals surface area contributed by atoms with Crippen LogP contribution in [0.5, 0.6) is 0 Å². The van der Waals surface area contributed by atoms with Gasteiger partial charge in [0.2, 0.25) is 5.82 Å². The Morgan fingerprint density at radius 2 is 1.97 bits per heavy atom. The number of aromatic nitrogens is 6. The van der Waals surface area contributed by atoms with Crippen molar-refractivity contribution in [2.75, 3.05) is 24.5 Å². The van der Waals surface area contributed by atoms with E-state index < -0.39 is 0 Å². The van der Waals surface area contributed by atoms with Gasteiger partial charge < -0.3 is 14.7 Å². The number of benzene rings is 1. The Labute approximate surface area is 171 Å². The third kappa shape index (κ3) is 3.71. The van der Waals surface area contributed by atoms with E-state index in [1.165, 1.54) is 4.52 Å². The minimum atomic E-state index is -0.126. The molecule has 1 fully saturated rings. The highest BCUT2D eigenvalue weighted by atomic mass is 16.5. The van der Waals surface area contributed by atoms with Crippen molar-refractivity contribution in [1.29, 1.82) is 0 Å². The van der Waals surface area contributed by atoms with E-state index in [0.29, 0.717) is 35.5 Å². The molecule has 1 aliphatic rings. The summed E-state index contributed by atoms with van der Waals surface area (Å²) < 4.78 is 6.94. The second-order valence-corrected chi connectivity index (χ2v) is 7.31. The highest BCUT2D eigenvalue weighted by Crippen LogP contribution is 2.24. The van der Waals surface area contributed by atoms with Crippen molar-refractivity contribution in [2.45, 2.75) is 12.8 Å². The van der Waals surface area contributed by atoms with Gasteiger partial charge in [0.05, 0.1) is 5.56 Å². The highest BCUT2D eigenvalue weighted by molar-refractivity contribution is 5.94. The molecular weight excluding hydrogens is 384 g/mol. The second kappa shape index (κ2) is 7.90. The standard InChI is InChI=1S/C20H20N8O2/c29-19(16-6-7-17-23-25-26-28(17)13-16)21-12-14-8-10-27(11-9-14)20-22-18(24-30-20)15-4-2-1-3-5-15/h1-7,13-14H,8-12H2,(H,21,29). The van der Waals surface area contributed by atoms with Gasteiger partial charge in [0.15, 0.2) is 5.65 Å². The van der Waals surface area contributed by atoms with E-state index in [-0.39, 0.29) is 5.91 Å². The molecule has 4 aromatic rings. The topological polar surface area (TPSA) is 114 Å². The molecule has 4 heterocycles. The summed E-state index contributed by atoms with van der Waals surface area (Å²) >= 11 is 0. The first-order valence-corrected chi connectivity index (χ1v) is 9.86. The molecule has 0 radical (unpaired) electrons. The fourth-order valence-corrected chi connectivity index (χ4v) is 3.59. The Morgan fingerprint density at radius 1 is 1.13 bits per heavy atom. The van der Waals surface area contributed by atoms with Crippen LogP contribution in [0.25, 0.3) is 17.0 Å². The molecule has 0 aliphatic carbocycles. The van der Waals surface area contributed by atoms with Crippen molar-refractivity contribution >= 4 is 17.6 Å². The summed E-state index contributed by atoms with van der Waals surface area (Å²) in [4.78, 5) is 19.1. The monoisotopic (exact) mass is 404 g/mol. The molecule has 0 atom stereocenters. The average molecular weight is 404 g/mol. The summed E-state index contributed by atoms with van der Waals surface area (Å²) in [5, 5.41) is 18.3. The summed E-state index contributed by atoms with van der Waals surface area (Å²) in [5.41, 5.74) is 2.08. The quantitative estimate of drug-likeness (QED) is 0.536. The molecule has 10 heteroatoms. The van der Waals surface area contributed by atoms with Crippen LogP contribution in [-0.2, 0) is 0 Å². The number of hydrogen-bond acceptors (Lipinski definition) is 8. The number of nitrogens with zero attached hydrogens (tertiary/aromatic N) is 7. The maximum Gasteiger partial charge on any atom is 0.324 e. The van der Waals surface area contributed by atoms with Crippen LogP contribution in [0.1, 0.15) is 23.2 Å². The fraction of sp³-hybridized carbons (Fsp3) is 0.300. The maximum absolute atomic E-state index is 12.4. The van der Waals surface area contributed by atoms with Gasteiger partial charge >= 0.3 is 6.01 Å². The second-order valence-electron chi connectivity index (χ2n) is 7.31. The van der Waals surface area contributed by atoms with E-state index in [1.54, 1.807) is 18.3 Å². The first kappa shape index (κ1) is 18.2. The number of pyridine rings is 1. The summed E-state index contributed by atoms with van der Waals surface area (Å²) in [6, 6.07) is 13.8.